The molecule has 1 aromatic carbocycles. The van der Waals surface area contributed by atoms with E-state index in [2.05, 4.69) is 5.32 Å². The number of benzene rings is 1. The highest BCUT2D eigenvalue weighted by Gasteiger charge is 2.02. The zero-order valence-corrected chi connectivity index (χ0v) is 11.2. The second-order valence-electron chi connectivity index (χ2n) is 3.57. The first-order valence-corrected chi connectivity index (χ1v) is 7.56. The number of hydrogen-bond donors (Lipinski definition) is 1. The highest BCUT2D eigenvalue weighted by Crippen LogP contribution is 2.22. The lowest BCUT2D eigenvalue weighted by molar-refractivity contribution is 0.600. The van der Waals surface area contributed by atoms with Gasteiger partial charge in [-0.2, -0.15) is 0 Å². The molecular weight excluding hydrogens is 269 g/mol. The third-order valence-corrected chi connectivity index (χ3v) is 3.35. The lowest BCUT2D eigenvalue weighted by Crippen LogP contribution is -2.09. The summed E-state index contributed by atoms with van der Waals surface area (Å²) in [6.45, 7) is 0.573. The summed E-state index contributed by atoms with van der Waals surface area (Å²) in [6, 6.07) is 5.13. The fourth-order valence-corrected chi connectivity index (χ4v) is 2.42. The second-order valence-corrected chi connectivity index (χ2v) is 6.70. The minimum Gasteiger partial charge on any atom is -0.385 e. The monoisotopic (exact) mass is 281 g/mol. The summed E-state index contributed by atoms with van der Waals surface area (Å²) in [4.78, 5) is 0. The minimum absolute atomic E-state index is 0.175. The van der Waals surface area contributed by atoms with Gasteiger partial charge in [0, 0.05) is 28.5 Å². The predicted octanol–water partition coefficient (Wildman–Crippen LogP) is 2.84. The van der Waals surface area contributed by atoms with Gasteiger partial charge in [-0.15, -0.1) is 0 Å². The van der Waals surface area contributed by atoms with Crippen molar-refractivity contribution in [1.82, 2.24) is 0 Å². The molecule has 0 saturated heterocycles. The van der Waals surface area contributed by atoms with E-state index in [1.807, 2.05) is 0 Å². The highest BCUT2D eigenvalue weighted by molar-refractivity contribution is 7.90. The molecule has 3 nitrogen and oxygen atoms in total. The van der Waals surface area contributed by atoms with E-state index in [-0.39, 0.29) is 5.75 Å². The van der Waals surface area contributed by atoms with Crippen LogP contribution in [0.3, 0.4) is 0 Å². The van der Waals surface area contributed by atoms with E-state index in [1.165, 1.54) is 6.26 Å². The van der Waals surface area contributed by atoms with Gasteiger partial charge in [0.15, 0.2) is 0 Å². The van der Waals surface area contributed by atoms with Gasteiger partial charge in [0.1, 0.15) is 9.84 Å². The Morgan fingerprint density at radius 2 is 1.75 bits per heavy atom. The Hall–Kier alpha value is -0.450. The third kappa shape index (κ3) is 5.58. The molecule has 0 aromatic heterocycles. The zero-order valence-electron chi connectivity index (χ0n) is 8.83. The molecule has 6 heteroatoms. The molecule has 0 unspecified atom stereocenters. The molecule has 1 aromatic rings. The summed E-state index contributed by atoms with van der Waals surface area (Å²) in [6.07, 6.45) is 1.78. The molecule has 0 bridgehead atoms. The topological polar surface area (TPSA) is 46.2 Å². The van der Waals surface area contributed by atoms with E-state index >= 15 is 0 Å². The van der Waals surface area contributed by atoms with Crippen molar-refractivity contribution in [1.29, 1.82) is 0 Å². The average Bonchev–Trinajstić information content (AvgIpc) is 2.09. The Kier molecular flexibility index (Phi) is 4.89. The normalized spacial score (nSPS) is 11.4. The van der Waals surface area contributed by atoms with Gasteiger partial charge in [0.05, 0.1) is 5.75 Å². The van der Waals surface area contributed by atoms with Gasteiger partial charge >= 0.3 is 0 Å². The fourth-order valence-electron chi connectivity index (χ4n) is 1.22. The van der Waals surface area contributed by atoms with Crippen molar-refractivity contribution < 1.29 is 8.42 Å². The first-order valence-electron chi connectivity index (χ1n) is 4.74. The number of anilines is 1. The van der Waals surface area contributed by atoms with Crippen LogP contribution in [-0.2, 0) is 9.84 Å². The SMILES string of the molecule is CS(=O)(=O)CCCNc1cc(Cl)cc(Cl)c1. The Morgan fingerprint density at radius 1 is 1.19 bits per heavy atom. The van der Waals surface area contributed by atoms with Crippen LogP contribution in [0.2, 0.25) is 10.0 Å². The van der Waals surface area contributed by atoms with Gasteiger partial charge in [-0.3, -0.25) is 0 Å². The minimum atomic E-state index is -2.89. The van der Waals surface area contributed by atoms with E-state index in [9.17, 15) is 8.42 Å². The van der Waals surface area contributed by atoms with Crippen LogP contribution in [0.25, 0.3) is 0 Å². The quantitative estimate of drug-likeness (QED) is 0.845. The smallest absolute Gasteiger partial charge is 0.147 e. The average molecular weight is 282 g/mol. The summed E-state index contributed by atoms with van der Waals surface area (Å²) in [5.41, 5.74) is 0.797. The molecule has 0 saturated carbocycles. The number of halogens is 2. The molecule has 16 heavy (non-hydrogen) atoms. The van der Waals surface area contributed by atoms with E-state index in [4.69, 9.17) is 23.2 Å². The van der Waals surface area contributed by atoms with Crippen LogP contribution in [0, 0.1) is 0 Å². The van der Waals surface area contributed by atoms with Crippen LogP contribution >= 0.6 is 23.2 Å². The molecule has 0 spiro atoms. The van der Waals surface area contributed by atoms with Crippen LogP contribution < -0.4 is 5.32 Å². The zero-order chi connectivity index (χ0) is 12.2. The lowest BCUT2D eigenvalue weighted by Gasteiger charge is -2.06. The van der Waals surface area contributed by atoms with Gasteiger partial charge in [-0.05, 0) is 24.6 Å². The molecule has 0 atom stereocenters. The largest absolute Gasteiger partial charge is 0.385 e. The van der Waals surface area contributed by atoms with Gasteiger partial charge in [0.2, 0.25) is 0 Å². The highest BCUT2D eigenvalue weighted by atomic mass is 35.5. The van der Waals surface area contributed by atoms with Crippen LogP contribution in [-0.4, -0.2) is 27.0 Å². The van der Waals surface area contributed by atoms with Crippen molar-refractivity contribution in [3.05, 3.63) is 28.2 Å². The van der Waals surface area contributed by atoms with Crippen molar-refractivity contribution in [2.75, 3.05) is 23.9 Å². The summed E-state index contributed by atoms with van der Waals surface area (Å²) in [5.74, 6) is 0.175. The summed E-state index contributed by atoms with van der Waals surface area (Å²) in [7, 11) is -2.89. The first-order chi connectivity index (χ1) is 7.37. The van der Waals surface area contributed by atoms with E-state index in [0.29, 0.717) is 23.0 Å². The van der Waals surface area contributed by atoms with Crippen LogP contribution in [0.15, 0.2) is 18.2 Å². The number of hydrogen-bond acceptors (Lipinski definition) is 3. The van der Waals surface area contributed by atoms with Crippen molar-refractivity contribution in [3.8, 4) is 0 Å². The van der Waals surface area contributed by atoms with E-state index < -0.39 is 9.84 Å². The molecule has 0 aliphatic heterocycles. The maximum absolute atomic E-state index is 10.9. The molecule has 1 rings (SSSR count). The standard InChI is InChI=1S/C10H13Cl2NO2S/c1-16(14,15)4-2-3-13-10-6-8(11)5-9(12)7-10/h5-7,13H,2-4H2,1H3. The van der Waals surface area contributed by atoms with E-state index in [1.54, 1.807) is 18.2 Å². The Bertz CT molecular complexity index is 440. The van der Waals surface area contributed by atoms with Gasteiger partial charge in [0.25, 0.3) is 0 Å². The van der Waals surface area contributed by atoms with Crippen molar-refractivity contribution in [3.63, 3.8) is 0 Å². The van der Waals surface area contributed by atoms with Crippen molar-refractivity contribution in [2.24, 2.45) is 0 Å². The number of sulfone groups is 1. The van der Waals surface area contributed by atoms with Gasteiger partial charge in [-0.1, -0.05) is 23.2 Å². The van der Waals surface area contributed by atoms with Crippen LogP contribution in [0.1, 0.15) is 6.42 Å². The summed E-state index contributed by atoms with van der Waals surface area (Å²) < 4.78 is 21.8. The molecular formula is C10H13Cl2NO2S. The summed E-state index contributed by atoms with van der Waals surface area (Å²) >= 11 is 11.6. The molecule has 0 fully saturated rings. The number of nitrogens with one attached hydrogen (secondary N) is 1. The maximum atomic E-state index is 10.9. The summed E-state index contributed by atoms with van der Waals surface area (Å²) in [5, 5.41) is 4.17. The van der Waals surface area contributed by atoms with Crippen molar-refractivity contribution >= 4 is 38.7 Å². The number of rotatable bonds is 5. The molecule has 1 N–H and O–H groups in total. The Labute approximate surface area is 106 Å². The van der Waals surface area contributed by atoms with Gasteiger partial charge < -0.3 is 5.32 Å². The lowest BCUT2D eigenvalue weighted by atomic mass is 10.3. The van der Waals surface area contributed by atoms with E-state index in [0.717, 1.165) is 5.69 Å². The molecule has 0 radical (unpaired) electrons. The maximum Gasteiger partial charge on any atom is 0.147 e. The molecule has 0 aliphatic rings. The molecule has 0 heterocycles. The Morgan fingerprint density at radius 3 is 2.25 bits per heavy atom. The fraction of sp³-hybridized carbons (Fsp3) is 0.400. The van der Waals surface area contributed by atoms with Crippen molar-refractivity contribution in [2.45, 2.75) is 6.42 Å². The van der Waals surface area contributed by atoms with Gasteiger partial charge in [-0.25, -0.2) is 8.42 Å². The molecule has 0 aliphatic carbocycles. The second kappa shape index (κ2) is 5.75. The van der Waals surface area contributed by atoms with Crippen LogP contribution in [0.5, 0.6) is 0 Å². The predicted molar refractivity (Wildman–Crippen MR) is 69.3 cm³/mol. The molecule has 90 valence electrons. The van der Waals surface area contributed by atoms with Crippen LogP contribution in [0.4, 0.5) is 5.69 Å². The molecule has 0 amide bonds. The first kappa shape index (κ1) is 13.6. The Balaban J connectivity index is 2.43. The third-order valence-electron chi connectivity index (χ3n) is 1.88.